The molecular weight excluding hydrogens is 271 g/mol. The van der Waals surface area contributed by atoms with Crippen molar-refractivity contribution in [3.05, 3.63) is 65.2 Å². The lowest BCUT2D eigenvalue weighted by atomic mass is 10.0. The number of rotatable bonds is 4. The molecule has 0 amide bonds. The Morgan fingerprint density at radius 1 is 1.00 bits per heavy atom. The van der Waals surface area contributed by atoms with E-state index in [1.165, 1.54) is 0 Å². The molecule has 20 heavy (non-hydrogen) atoms. The molecule has 0 aromatic heterocycles. The van der Waals surface area contributed by atoms with Crippen molar-refractivity contribution in [1.82, 2.24) is 0 Å². The summed E-state index contributed by atoms with van der Waals surface area (Å²) in [5.74, 6) is -0.0826. The molecule has 0 aliphatic heterocycles. The molecule has 4 heteroatoms. The second kappa shape index (κ2) is 5.74. The van der Waals surface area contributed by atoms with Gasteiger partial charge >= 0.3 is 0 Å². The molecule has 1 atom stereocenters. The van der Waals surface area contributed by atoms with Crippen LogP contribution in [-0.2, 0) is 4.57 Å². The Labute approximate surface area is 118 Å². The van der Waals surface area contributed by atoms with Crippen LogP contribution in [0.1, 0.15) is 28.4 Å². The zero-order valence-electron chi connectivity index (χ0n) is 11.5. The van der Waals surface area contributed by atoms with Gasteiger partial charge in [-0.2, -0.15) is 0 Å². The molecule has 3 nitrogen and oxygen atoms in total. The summed E-state index contributed by atoms with van der Waals surface area (Å²) in [6.07, 6.45) is 0.193. The molecule has 0 aliphatic rings. The van der Waals surface area contributed by atoms with E-state index in [0.29, 0.717) is 16.4 Å². The molecule has 104 valence electrons. The minimum absolute atomic E-state index is 0.0826. The van der Waals surface area contributed by atoms with Crippen LogP contribution in [0, 0.1) is 6.92 Å². The highest BCUT2D eigenvalue weighted by Crippen LogP contribution is 2.38. The summed E-state index contributed by atoms with van der Waals surface area (Å²) >= 11 is 0. The van der Waals surface area contributed by atoms with Gasteiger partial charge in [0.1, 0.15) is 0 Å². The number of ketones is 1. The molecule has 1 unspecified atom stereocenters. The summed E-state index contributed by atoms with van der Waals surface area (Å²) in [5.41, 5.74) is 2.24. The first-order valence-corrected chi connectivity index (χ1v) is 8.32. The SMILES string of the molecule is CCP(=O)(O)c1ccc(C(=O)c2ccc(C)cc2)cc1. The number of aryl methyl sites for hydroxylation is 1. The van der Waals surface area contributed by atoms with Gasteiger partial charge in [0.2, 0.25) is 7.37 Å². The normalized spacial score (nSPS) is 13.8. The Kier molecular flexibility index (Phi) is 4.22. The van der Waals surface area contributed by atoms with Crippen LogP contribution in [0.15, 0.2) is 48.5 Å². The van der Waals surface area contributed by atoms with Crippen LogP contribution in [0.25, 0.3) is 0 Å². The molecule has 2 aromatic rings. The monoisotopic (exact) mass is 288 g/mol. The maximum absolute atomic E-state index is 12.3. The quantitative estimate of drug-likeness (QED) is 0.694. The third-order valence-electron chi connectivity index (χ3n) is 3.28. The largest absolute Gasteiger partial charge is 0.341 e. The van der Waals surface area contributed by atoms with Crippen LogP contribution in [-0.4, -0.2) is 16.8 Å². The van der Waals surface area contributed by atoms with Gasteiger partial charge in [0.05, 0.1) is 0 Å². The van der Waals surface area contributed by atoms with Crippen molar-refractivity contribution in [3.8, 4) is 0 Å². The van der Waals surface area contributed by atoms with Gasteiger partial charge in [0, 0.05) is 22.6 Å². The molecule has 1 N–H and O–H groups in total. The maximum atomic E-state index is 12.3. The summed E-state index contributed by atoms with van der Waals surface area (Å²) < 4.78 is 11.8. The van der Waals surface area contributed by atoms with Crippen molar-refractivity contribution >= 4 is 18.5 Å². The summed E-state index contributed by atoms with van der Waals surface area (Å²) in [5, 5.41) is 0.389. The Balaban J connectivity index is 2.28. The topological polar surface area (TPSA) is 54.4 Å². The number of carbonyl (C=O) groups excluding carboxylic acids is 1. The highest BCUT2D eigenvalue weighted by Gasteiger charge is 2.18. The van der Waals surface area contributed by atoms with Crippen molar-refractivity contribution < 1.29 is 14.3 Å². The molecule has 0 heterocycles. The summed E-state index contributed by atoms with van der Waals surface area (Å²) in [6, 6.07) is 13.7. The Bertz CT molecular complexity index is 657. The van der Waals surface area contributed by atoms with E-state index in [0.717, 1.165) is 5.56 Å². The smallest absolute Gasteiger partial charge is 0.229 e. The van der Waals surface area contributed by atoms with Crippen molar-refractivity contribution in [2.45, 2.75) is 13.8 Å². The number of benzene rings is 2. The second-order valence-electron chi connectivity index (χ2n) is 4.76. The summed E-state index contributed by atoms with van der Waals surface area (Å²) in [4.78, 5) is 22.0. The van der Waals surface area contributed by atoms with Crippen molar-refractivity contribution in [1.29, 1.82) is 0 Å². The van der Waals surface area contributed by atoms with E-state index in [2.05, 4.69) is 0 Å². The minimum atomic E-state index is -3.27. The Morgan fingerprint density at radius 2 is 1.45 bits per heavy atom. The highest BCUT2D eigenvalue weighted by atomic mass is 31.2. The lowest BCUT2D eigenvalue weighted by Crippen LogP contribution is -2.08. The van der Waals surface area contributed by atoms with Gasteiger partial charge in [0.25, 0.3) is 0 Å². The first-order chi connectivity index (χ1) is 9.44. The van der Waals surface area contributed by atoms with Gasteiger partial charge in [-0.25, -0.2) is 0 Å². The molecule has 0 bridgehead atoms. The predicted molar refractivity (Wildman–Crippen MR) is 81.1 cm³/mol. The molecule has 2 rings (SSSR count). The Morgan fingerprint density at radius 3 is 1.90 bits per heavy atom. The van der Waals surface area contributed by atoms with Crippen molar-refractivity contribution in [3.63, 3.8) is 0 Å². The van der Waals surface area contributed by atoms with Gasteiger partial charge in [-0.05, 0) is 19.1 Å². The van der Waals surface area contributed by atoms with Gasteiger partial charge in [-0.1, -0.05) is 48.9 Å². The van der Waals surface area contributed by atoms with Crippen LogP contribution >= 0.6 is 7.37 Å². The fourth-order valence-corrected chi connectivity index (χ4v) is 2.88. The average molecular weight is 288 g/mol. The van der Waals surface area contributed by atoms with E-state index in [9.17, 15) is 14.3 Å². The van der Waals surface area contributed by atoms with E-state index in [1.807, 2.05) is 19.1 Å². The molecule has 0 aliphatic carbocycles. The van der Waals surface area contributed by atoms with E-state index < -0.39 is 7.37 Å². The standard InChI is InChI=1S/C16H17O3P/c1-3-20(18,19)15-10-8-14(9-11-15)16(17)13-6-4-12(2)5-7-13/h4-11H,3H2,1-2H3,(H,18,19). The van der Waals surface area contributed by atoms with Crippen molar-refractivity contribution in [2.24, 2.45) is 0 Å². The average Bonchev–Trinajstić information content (AvgIpc) is 2.47. The van der Waals surface area contributed by atoms with Gasteiger partial charge in [0.15, 0.2) is 5.78 Å². The molecule has 0 radical (unpaired) electrons. The van der Waals surface area contributed by atoms with Crippen LogP contribution in [0.5, 0.6) is 0 Å². The van der Waals surface area contributed by atoms with E-state index >= 15 is 0 Å². The molecule has 0 saturated heterocycles. The van der Waals surface area contributed by atoms with Gasteiger partial charge in [-0.3, -0.25) is 9.36 Å². The predicted octanol–water partition coefficient (Wildman–Crippen LogP) is 3.14. The maximum Gasteiger partial charge on any atom is 0.229 e. The fourth-order valence-electron chi connectivity index (χ4n) is 1.90. The third-order valence-corrected chi connectivity index (χ3v) is 5.24. The molecular formula is C16H17O3P. The molecule has 0 spiro atoms. The van der Waals surface area contributed by atoms with Gasteiger partial charge < -0.3 is 4.89 Å². The van der Waals surface area contributed by atoms with Crippen LogP contribution < -0.4 is 5.30 Å². The lowest BCUT2D eigenvalue weighted by molar-refractivity contribution is 0.103. The molecule has 0 saturated carbocycles. The highest BCUT2D eigenvalue weighted by molar-refractivity contribution is 7.66. The molecule has 2 aromatic carbocycles. The van der Waals surface area contributed by atoms with Crippen LogP contribution in [0.3, 0.4) is 0 Å². The summed E-state index contributed by atoms with van der Waals surface area (Å²) in [7, 11) is -3.27. The first kappa shape index (κ1) is 14.7. The zero-order valence-corrected chi connectivity index (χ0v) is 12.4. The minimum Gasteiger partial charge on any atom is -0.341 e. The second-order valence-corrected chi connectivity index (χ2v) is 7.31. The van der Waals surface area contributed by atoms with E-state index in [-0.39, 0.29) is 11.9 Å². The van der Waals surface area contributed by atoms with E-state index in [4.69, 9.17) is 0 Å². The zero-order chi connectivity index (χ0) is 14.8. The third kappa shape index (κ3) is 3.06. The van der Waals surface area contributed by atoms with Crippen molar-refractivity contribution in [2.75, 3.05) is 6.16 Å². The van der Waals surface area contributed by atoms with Gasteiger partial charge in [-0.15, -0.1) is 0 Å². The van der Waals surface area contributed by atoms with Crippen LogP contribution in [0.2, 0.25) is 0 Å². The number of carbonyl (C=O) groups is 1. The first-order valence-electron chi connectivity index (χ1n) is 6.48. The number of hydrogen-bond acceptors (Lipinski definition) is 2. The summed E-state index contributed by atoms with van der Waals surface area (Å²) in [6.45, 7) is 3.64. The van der Waals surface area contributed by atoms with Crippen LogP contribution in [0.4, 0.5) is 0 Å². The number of hydrogen-bond donors (Lipinski definition) is 1. The lowest BCUT2D eigenvalue weighted by Gasteiger charge is -2.09. The van der Waals surface area contributed by atoms with E-state index in [1.54, 1.807) is 43.3 Å². The Hall–Kier alpha value is -1.70. The fraction of sp³-hybridized carbons (Fsp3) is 0.188. The molecule has 0 fully saturated rings.